The minimum Gasteiger partial charge on any atom is -0.496 e. The standard InChI is InChI=1S/C17H24BO6P/c1-17(9-23-16(18)21)5-3-10(4-6-17)24-13-7-11(15(19)20)12(22-2)8-14(13)25/h7-8,10H,3-6,9,18,25H2,1-2H3,(H,19,20)/t10-,17+. The Bertz CT molecular complexity index is 655. The molecule has 0 saturated heterocycles. The Morgan fingerprint density at radius 3 is 2.48 bits per heavy atom. The molecule has 1 unspecified atom stereocenters. The summed E-state index contributed by atoms with van der Waals surface area (Å²) in [5.74, 6) is -0.463. The number of hydrogen-bond acceptors (Lipinski definition) is 5. The number of benzene rings is 1. The van der Waals surface area contributed by atoms with Gasteiger partial charge >= 0.3 is 5.97 Å². The fraction of sp³-hybridized carbons (Fsp3) is 0.529. The minimum atomic E-state index is -1.05. The number of hydrogen-bond donors (Lipinski definition) is 1. The summed E-state index contributed by atoms with van der Waals surface area (Å²) in [6.45, 7) is 2.54. The summed E-state index contributed by atoms with van der Waals surface area (Å²) in [5.41, 5.74) is 0.0563. The quantitative estimate of drug-likeness (QED) is 0.613. The molecule has 0 bridgehead atoms. The lowest BCUT2D eigenvalue weighted by Gasteiger charge is -2.37. The molecule has 1 aromatic carbocycles. The molecular formula is C17H24BO6P. The van der Waals surface area contributed by atoms with Gasteiger partial charge in [0.2, 0.25) is 13.7 Å². The number of carbonyl (C=O) groups excluding carboxylic acids is 1. The maximum Gasteiger partial charge on any atom is 0.339 e. The van der Waals surface area contributed by atoms with E-state index in [1.165, 1.54) is 21.0 Å². The Morgan fingerprint density at radius 1 is 1.32 bits per heavy atom. The average Bonchev–Trinajstić information content (AvgIpc) is 2.56. The van der Waals surface area contributed by atoms with Crippen molar-refractivity contribution in [3.63, 3.8) is 0 Å². The molecule has 1 atom stereocenters. The van der Waals surface area contributed by atoms with E-state index in [9.17, 15) is 14.7 Å². The van der Waals surface area contributed by atoms with Gasteiger partial charge in [0, 0.05) is 10.7 Å². The Hall–Kier alpha value is -1.75. The van der Waals surface area contributed by atoms with Crippen molar-refractivity contribution >= 4 is 34.2 Å². The molecule has 0 radical (unpaired) electrons. The van der Waals surface area contributed by atoms with Gasteiger partial charge < -0.3 is 19.3 Å². The van der Waals surface area contributed by atoms with E-state index >= 15 is 0 Å². The van der Waals surface area contributed by atoms with Gasteiger partial charge in [-0.05, 0) is 37.8 Å². The van der Waals surface area contributed by atoms with Crippen molar-refractivity contribution in [3.05, 3.63) is 17.7 Å². The first-order valence-corrected chi connectivity index (χ1v) is 8.82. The molecule has 0 amide bonds. The van der Waals surface area contributed by atoms with E-state index in [4.69, 9.17) is 14.2 Å². The molecule has 1 aliphatic rings. The maximum absolute atomic E-state index is 11.4. The fourth-order valence-corrected chi connectivity index (χ4v) is 3.32. The normalized spacial score (nSPS) is 22.9. The Balaban J connectivity index is 2.03. The molecule has 8 heteroatoms. The lowest BCUT2D eigenvalue weighted by molar-refractivity contribution is 0.0409. The van der Waals surface area contributed by atoms with Crippen molar-refractivity contribution in [2.45, 2.75) is 38.7 Å². The molecule has 2 rings (SSSR count). The highest BCUT2D eigenvalue weighted by Gasteiger charge is 2.33. The summed E-state index contributed by atoms with van der Waals surface area (Å²) in [6, 6.07) is 3.16. The van der Waals surface area contributed by atoms with Crippen LogP contribution >= 0.6 is 9.24 Å². The van der Waals surface area contributed by atoms with Crippen LogP contribution in [0, 0.1) is 5.41 Å². The number of ether oxygens (including phenoxy) is 3. The van der Waals surface area contributed by atoms with Crippen LogP contribution in [0.25, 0.3) is 0 Å². The third kappa shape index (κ3) is 5.11. The summed E-state index contributed by atoms with van der Waals surface area (Å²) < 4.78 is 16.3. The number of carboxylic acid groups (broad SMARTS) is 1. The molecule has 1 aliphatic carbocycles. The minimum absolute atomic E-state index is 0.0137. The van der Waals surface area contributed by atoms with Crippen molar-refractivity contribution in [3.8, 4) is 11.5 Å². The maximum atomic E-state index is 11.4. The van der Waals surface area contributed by atoms with Crippen LogP contribution in [0.3, 0.4) is 0 Å². The number of carbonyl (C=O) groups is 2. The monoisotopic (exact) mass is 366 g/mol. The van der Waals surface area contributed by atoms with Crippen molar-refractivity contribution in [1.82, 2.24) is 0 Å². The molecule has 25 heavy (non-hydrogen) atoms. The van der Waals surface area contributed by atoms with Crippen LogP contribution in [0.1, 0.15) is 43.0 Å². The van der Waals surface area contributed by atoms with E-state index in [1.54, 1.807) is 6.07 Å². The molecule has 0 heterocycles. The fourth-order valence-electron chi connectivity index (χ4n) is 3.02. The first kappa shape index (κ1) is 19.6. The highest BCUT2D eigenvalue weighted by Crippen LogP contribution is 2.38. The van der Waals surface area contributed by atoms with E-state index in [-0.39, 0.29) is 23.0 Å². The first-order chi connectivity index (χ1) is 11.7. The van der Waals surface area contributed by atoms with Gasteiger partial charge in [0.05, 0.1) is 19.8 Å². The van der Waals surface area contributed by atoms with Crippen LogP contribution in [-0.2, 0) is 4.74 Å². The van der Waals surface area contributed by atoms with Crippen molar-refractivity contribution in [1.29, 1.82) is 0 Å². The number of methoxy groups -OCH3 is 1. The van der Waals surface area contributed by atoms with E-state index in [1.807, 2.05) is 0 Å². The molecule has 136 valence electrons. The largest absolute Gasteiger partial charge is 0.496 e. The Labute approximate surface area is 150 Å². The van der Waals surface area contributed by atoms with E-state index < -0.39 is 5.97 Å². The molecule has 1 fully saturated rings. The molecule has 0 aliphatic heterocycles. The van der Waals surface area contributed by atoms with E-state index in [2.05, 4.69) is 16.2 Å². The molecule has 1 N–H and O–H groups in total. The van der Waals surface area contributed by atoms with Gasteiger partial charge in [0.15, 0.2) is 0 Å². The summed E-state index contributed by atoms with van der Waals surface area (Å²) >= 11 is 0. The number of carboxylic acids is 1. The third-order valence-corrected chi connectivity index (χ3v) is 5.07. The zero-order chi connectivity index (χ0) is 18.6. The number of aromatic carboxylic acids is 1. The van der Waals surface area contributed by atoms with Crippen LogP contribution in [0.4, 0.5) is 4.79 Å². The van der Waals surface area contributed by atoms with Gasteiger partial charge in [0.25, 0.3) is 0 Å². The summed E-state index contributed by atoms with van der Waals surface area (Å²) in [7, 11) is 5.41. The average molecular weight is 366 g/mol. The zero-order valence-corrected chi connectivity index (χ0v) is 16.0. The van der Waals surface area contributed by atoms with Crippen LogP contribution in [0.5, 0.6) is 11.5 Å². The van der Waals surface area contributed by atoms with Crippen LogP contribution in [0.15, 0.2) is 12.1 Å². The summed E-state index contributed by atoms with van der Waals surface area (Å²) in [6.07, 6.45) is 3.45. The zero-order valence-electron chi connectivity index (χ0n) is 14.8. The Kier molecular flexibility index (Phi) is 6.33. The Morgan fingerprint density at radius 2 is 1.96 bits per heavy atom. The molecule has 0 aromatic heterocycles. The lowest BCUT2D eigenvalue weighted by Crippen LogP contribution is -2.34. The predicted octanol–water partition coefficient (Wildman–Crippen LogP) is 1.99. The third-order valence-electron chi connectivity index (χ3n) is 4.62. The topological polar surface area (TPSA) is 82.1 Å². The van der Waals surface area contributed by atoms with Gasteiger partial charge in [-0.3, -0.25) is 4.79 Å². The smallest absolute Gasteiger partial charge is 0.339 e. The van der Waals surface area contributed by atoms with Gasteiger partial charge in [-0.15, -0.1) is 9.24 Å². The van der Waals surface area contributed by atoms with Crippen LogP contribution in [0.2, 0.25) is 0 Å². The molecular weight excluding hydrogens is 342 g/mol. The van der Waals surface area contributed by atoms with Gasteiger partial charge in [-0.25, -0.2) is 4.79 Å². The predicted molar refractivity (Wildman–Crippen MR) is 100 cm³/mol. The van der Waals surface area contributed by atoms with Crippen LogP contribution < -0.4 is 14.8 Å². The second-order valence-corrected chi connectivity index (χ2v) is 7.43. The van der Waals surface area contributed by atoms with Crippen molar-refractivity contribution in [2.24, 2.45) is 5.41 Å². The van der Waals surface area contributed by atoms with Crippen LogP contribution in [-0.4, -0.2) is 44.6 Å². The highest BCUT2D eigenvalue weighted by molar-refractivity contribution is 7.27. The first-order valence-electron chi connectivity index (χ1n) is 8.25. The summed E-state index contributed by atoms with van der Waals surface area (Å²) in [5, 5.41) is 10.1. The number of rotatable bonds is 6. The van der Waals surface area contributed by atoms with E-state index in [0.29, 0.717) is 18.1 Å². The van der Waals surface area contributed by atoms with Gasteiger partial charge in [-0.2, -0.15) is 0 Å². The molecule has 6 nitrogen and oxygen atoms in total. The van der Waals surface area contributed by atoms with Gasteiger partial charge in [0.1, 0.15) is 17.1 Å². The highest BCUT2D eigenvalue weighted by atomic mass is 31.0. The summed E-state index contributed by atoms with van der Waals surface area (Å²) in [4.78, 5) is 22.4. The van der Waals surface area contributed by atoms with Gasteiger partial charge in [-0.1, -0.05) is 6.92 Å². The molecule has 0 spiro atoms. The molecule has 1 aromatic rings. The second-order valence-electron chi connectivity index (χ2n) is 6.80. The second kappa shape index (κ2) is 8.09. The molecule has 1 saturated carbocycles. The lowest BCUT2D eigenvalue weighted by atomic mass is 9.75. The van der Waals surface area contributed by atoms with E-state index in [0.717, 1.165) is 31.0 Å². The van der Waals surface area contributed by atoms with Crippen molar-refractivity contribution < 1.29 is 28.9 Å². The SMILES string of the molecule is BC(=O)OC[C@]1(C)CC[C@H](Oc2cc(C(=O)O)c(OC)cc2P)CC1. The van der Waals surface area contributed by atoms with Crippen molar-refractivity contribution in [2.75, 3.05) is 13.7 Å².